The Kier molecular flexibility index (Phi) is 4.14. The van der Waals surface area contributed by atoms with Crippen LogP contribution < -0.4 is 11.1 Å². The molecule has 0 bridgehead atoms. The molecule has 3 nitrogen and oxygen atoms in total. The highest BCUT2D eigenvalue weighted by Gasteiger charge is 2.06. The number of hydrogen-bond donors (Lipinski definition) is 2. The third-order valence-corrected chi connectivity index (χ3v) is 3.00. The van der Waals surface area contributed by atoms with Gasteiger partial charge >= 0.3 is 0 Å². The van der Waals surface area contributed by atoms with Gasteiger partial charge in [-0.1, -0.05) is 36.0 Å². The van der Waals surface area contributed by atoms with E-state index in [1.54, 1.807) is 48.5 Å². The number of carbonyl (C=O) groups is 1. The van der Waals surface area contributed by atoms with Crippen LogP contribution in [-0.2, 0) is 0 Å². The van der Waals surface area contributed by atoms with Crippen molar-refractivity contribution in [2.45, 2.75) is 0 Å². The molecule has 0 saturated carbocycles. The average Bonchev–Trinajstić information content (AvgIpc) is 2.39. The first kappa shape index (κ1) is 13.5. The van der Waals surface area contributed by atoms with Crippen molar-refractivity contribution >= 4 is 40.4 Å². The molecule has 5 heteroatoms. The Balaban J connectivity index is 2.17. The first-order valence-corrected chi connectivity index (χ1v) is 6.31. The fourth-order valence-corrected chi connectivity index (χ4v) is 1.81. The van der Waals surface area contributed by atoms with Crippen molar-refractivity contribution in [3.05, 3.63) is 64.7 Å². The van der Waals surface area contributed by atoms with E-state index in [-0.39, 0.29) is 5.91 Å². The molecule has 0 unspecified atom stereocenters. The third-order valence-electron chi connectivity index (χ3n) is 2.51. The minimum Gasteiger partial charge on any atom is -0.389 e. The summed E-state index contributed by atoms with van der Waals surface area (Å²) in [6.45, 7) is 0. The van der Waals surface area contributed by atoms with Crippen LogP contribution in [0.2, 0.25) is 5.02 Å². The summed E-state index contributed by atoms with van der Waals surface area (Å²) < 4.78 is 0. The summed E-state index contributed by atoms with van der Waals surface area (Å²) >= 11 is 10.7. The van der Waals surface area contributed by atoms with Gasteiger partial charge in [0.05, 0.1) is 0 Å². The van der Waals surface area contributed by atoms with Crippen LogP contribution in [0.25, 0.3) is 0 Å². The number of nitrogens with two attached hydrogens (primary N) is 1. The standard InChI is InChI=1S/C14H11ClN2OS/c15-11-6-4-9(5-7-11)14(18)17-12-3-1-2-10(8-12)13(16)19/h1-8H,(H2,16,19)(H,17,18). The average molecular weight is 291 g/mol. The number of carbonyl (C=O) groups excluding carboxylic acids is 1. The highest BCUT2D eigenvalue weighted by molar-refractivity contribution is 7.80. The van der Waals surface area contributed by atoms with Crippen molar-refractivity contribution < 1.29 is 4.79 Å². The molecule has 2 aromatic carbocycles. The SMILES string of the molecule is NC(=S)c1cccc(NC(=O)c2ccc(Cl)cc2)c1. The number of anilines is 1. The number of nitrogens with one attached hydrogen (secondary N) is 1. The summed E-state index contributed by atoms with van der Waals surface area (Å²) in [5.74, 6) is -0.211. The van der Waals surface area contributed by atoms with Gasteiger partial charge in [-0.05, 0) is 36.4 Å². The van der Waals surface area contributed by atoms with Gasteiger partial charge in [-0.15, -0.1) is 0 Å². The number of thiocarbonyl (C=S) groups is 1. The van der Waals surface area contributed by atoms with Gasteiger partial charge in [0.1, 0.15) is 4.99 Å². The molecular weight excluding hydrogens is 280 g/mol. The fraction of sp³-hybridized carbons (Fsp3) is 0. The number of amides is 1. The second-order valence-corrected chi connectivity index (χ2v) is 4.78. The zero-order valence-electron chi connectivity index (χ0n) is 9.89. The van der Waals surface area contributed by atoms with Crippen LogP contribution in [0.4, 0.5) is 5.69 Å². The van der Waals surface area contributed by atoms with Crippen LogP contribution in [0.1, 0.15) is 15.9 Å². The summed E-state index contributed by atoms with van der Waals surface area (Å²) in [5, 5.41) is 3.37. The minimum absolute atomic E-state index is 0.211. The number of hydrogen-bond acceptors (Lipinski definition) is 2. The molecule has 0 aliphatic rings. The number of rotatable bonds is 3. The van der Waals surface area contributed by atoms with E-state index in [0.29, 0.717) is 26.8 Å². The monoisotopic (exact) mass is 290 g/mol. The summed E-state index contributed by atoms with van der Waals surface area (Å²) in [6, 6.07) is 13.7. The Hall–Kier alpha value is -1.91. The van der Waals surface area contributed by atoms with Crippen molar-refractivity contribution in [3.63, 3.8) is 0 Å². The molecule has 19 heavy (non-hydrogen) atoms. The maximum Gasteiger partial charge on any atom is 0.255 e. The fourth-order valence-electron chi connectivity index (χ4n) is 1.55. The van der Waals surface area contributed by atoms with Crippen LogP contribution in [0.3, 0.4) is 0 Å². The highest BCUT2D eigenvalue weighted by atomic mass is 35.5. The molecule has 0 heterocycles. The first-order valence-electron chi connectivity index (χ1n) is 5.53. The molecule has 0 atom stereocenters. The van der Waals surface area contributed by atoms with Gasteiger partial charge in [0.2, 0.25) is 0 Å². The van der Waals surface area contributed by atoms with E-state index in [1.165, 1.54) is 0 Å². The Morgan fingerprint density at radius 1 is 1.11 bits per heavy atom. The smallest absolute Gasteiger partial charge is 0.255 e. The molecule has 0 radical (unpaired) electrons. The van der Waals surface area contributed by atoms with Gasteiger partial charge in [-0.3, -0.25) is 4.79 Å². The first-order chi connectivity index (χ1) is 9.06. The van der Waals surface area contributed by atoms with Crippen LogP contribution in [0.5, 0.6) is 0 Å². The van der Waals surface area contributed by atoms with Crippen molar-refractivity contribution in [1.82, 2.24) is 0 Å². The molecular formula is C14H11ClN2OS. The Morgan fingerprint density at radius 2 is 1.79 bits per heavy atom. The minimum atomic E-state index is -0.211. The molecule has 96 valence electrons. The van der Waals surface area contributed by atoms with Gasteiger partial charge in [-0.2, -0.15) is 0 Å². The summed E-state index contributed by atoms with van der Waals surface area (Å²) in [6.07, 6.45) is 0. The van der Waals surface area contributed by atoms with Crippen LogP contribution in [-0.4, -0.2) is 10.9 Å². The maximum atomic E-state index is 12.0. The highest BCUT2D eigenvalue weighted by Crippen LogP contribution is 2.14. The van der Waals surface area contributed by atoms with E-state index in [1.807, 2.05) is 0 Å². The van der Waals surface area contributed by atoms with E-state index in [2.05, 4.69) is 5.32 Å². The lowest BCUT2D eigenvalue weighted by Gasteiger charge is -2.07. The predicted octanol–water partition coefficient (Wildman–Crippen LogP) is 3.23. The molecule has 2 rings (SSSR count). The molecule has 0 aliphatic carbocycles. The van der Waals surface area contributed by atoms with Gasteiger partial charge in [-0.25, -0.2) is 0 Å². The second kappa shape index (κ2) is 5.82. The molecule has 2 aromatic rings. The molecule has 0 aromatic heterocycles. The lowest BCUT2D eigenvalue weighted by atomic mass is 10.1. The Bertz CT molecular complexity index is 626. The zero-order valence-corrected chi connectivity index (χ0v) is 11.5. The van der Waals surface area contributed by atoms with Crippen molar-refractivity contribution in [1.29, 1.82) is 0 Å². The van der Waals surface area contributed by atoms with Crippen molar-refractivity contribution in [3.8, 4) is 0 Å². The summed E-state index contributed by atoms with van der Waals surface area (Å²) in [4.78, 5) is 12.3. The largest absolute Gasteiger partial charge is 0.389 e. The van der Waals surface area contributed by atoms with Crippen molar-refractivity contribution in [2.24, 2.45) is 5.73 Å². The van der Waals surface area contributed by atoms with E-state index < -0.39 is 0 Å². The van der Waals surface area contributed by atoms with Gasteiger partial charge in [0.25, 0.3) is 5.91 Å². The summed E-state index contributed by atoms with van der Waals surface area (Å²) in [7, 11) is 0. The summed E-state index contributed by atoms with van der Waals surface area (Å²) in [5.41, 5.74) is 7.43. The van der Waals surface area contributed by atoms with Gasteiger partial charge in [0.15, 0.2) is 0 Å². The van der Waals surface area contributed by atoms with E-state index in [0.717, 1.165) is 0 Å². The third kappa shape index (κ3) is 3.53. The zero-order chi connectivity index (χ0) is 13.8. The van der Waals surface area contributed by atoms with E-state index >= 15 is 0 Å². The Labute approximate surface area is 121 Å². The molecule has 0 saturated heterocycles. The van der Waals surface area contributed by atoms with E-state index in [9.17, 15) is 4.79 Å². The van der Waals surface area contributed by atoms with Crippen LogP contribution in [0.15, 0.2) is 48.5 Å². The quantitative estimate of drug-likeness (QED) is 0.853. The molecule has 0 spiro atoms. The normalized spacial score (nSPS) is 9.95. The lowest BCUT2D eigenvalue weighted by Crippen LogP contribution is -2.13. The van der Waals surface area contributed by atoms with Gasteiger partial charge < -0.3 is 11.1 Å². The lowest BCUT2D eigenvalue weighted by molar-refractivity contribution is 0.102. The number of benzene rings is 2. The maximum absolute atomic E-state index is 12.0. The Morgan fingerprint density at radius 3 is 2.42 bits per heavy atom. The van der Waals surface area contributed by atoms with Crippen LogP contribution in [0, 0.1) is 0 Å². The predicted molar refractivity (Wildman–Crippen MR) is 81.7 cm³/mol. The van der Waals surface area contributed by atoms with E-state index in [4.69, 9.17) is 29.6 Å². The second-order valence-electron chi connectivity index (χ2n) is 3.91. The van der Waals surface area contributed by atoms with Crippen LogP contribution >= 0.6 is 23.8 Å². The molecule has 1 amide bonds. The molecule has 0 fully saturated rings. The van der Waals surface area contributed by atoms with Crippen molar-refractivity contribution in [2.75, 3.05) is 5.32 Å². The molecule has 3 N–H and O–H groups in total. The molecule has 0 aliphatic heterocycles. The topological polar surface area (TPSA) is 55.1 Å². The number of halogens is 1. The van der Waals surface area contributed by atoms with Gasteiger partial charge in [0, 0.05) is 21.8 Å².